The molecule has 1 saturated carbocycles. The summed E-state index contributed by atoms with van der Waals surface area (Å²) in [5.74, 6) is 1.58. The zero-order valence-electron chi connectivity index (χ0n) is 19.0. The number of nitrogens with two attached hydrogens (primary N) is 1. The number of rotatable bonds is 5. The maximum atomic E-state index is 12.9. The molecule has 35 heavy (non-hydrogen) atoms. The minimum absolute atomic E-state index is 0.00459. The second-order valence-electron chi connectivity index (χ2n) is 9.19. The van der Waals surface area contributed by atoms with Crippen molar-refractivity contribution in [2.24, 2.45) is 5.41 Å². The number of fused-ring (bicyclic) bond motifs is 1. The van der Waals surface area contributed by atoms with Crippen LogP contribution in [0, 0.1) is 5.41 Å². The molecule has 2 aliphatic rings. The molecule has 1 aliphatic heterocycles. The number of aromatic amines is 1. The van der Waals surface area contributed by atoms with Crippen LogP contribution in [0.4, 0.5) is 5.82 Å². The highest BCUT2D eigenvalue weighted by Gasteiger charge is 2.60. The third-order valence-corrected chi connectivity index (χ3v) is 7.08. The number of anilines is 1. The molecule has 2 fully saturated rings. The first kappa shape index (κ1) is 21.2. The molecule has 0 bridgehead atoms. The number of nitrogen functional groups attached to an aromatic ring is 1. The van der Waals surface area contributed by atoms with E-state index in [1.165, 1.54) is 6.08 Å². The Morgan fingerprint density at radius 3 is 2.66 bits per heavy atom. The fourth-order valence-corrected chi connectivity index (χ4v) is 5.17. The molecule has 1 aliphatic carbocycles. The van der Waals surface area contributed by atoms with Gasteiger partial charge in [0.05, 0.1) is 11.4 Å². The van der Waals surface area contributed by atoms with E-state index < -0.39 is 0 Å². The van der Waals surface area contributed by atoms with Gasteiger partial charge in [0.1, 0.15) is 22.7 Å². The first-order chi connectivity index (χ1) is 17.0. The number of likely N-dealkylation sites (tertiary alicyclic amines) is 1. The highest BCUT2D eigenvalue weighted by molar-refractivity contribution is 5.99. The van der Waals surface area contributed by atoms with Gasteiger partial charge in [0.15, 0.2) is 5.82 Å². The third kappa shape index (κ3) is 3.47. The number of hydrogen-bond acceptors (Lipinski definition) is 6. The number of nitrogens with zero attached hydrogens (tertiary/aromatic N) is 4. The fourth-order valence-electron chi connectivity index (χ4n) is 5.17. The molecule has 6 rings (SSSR count). The maximum Gasteiger partial charge on any atom is 0.290 e. The third-order valence-electron chi connectivity index (χ3n) is 7.08. The van der Waals surface area contributed by atoms with Gasteiger partial charge >= 0.3 is 0 Å². The molecular weight excluding hydrogens is 444 g/mol. The van der Waals surface area contributed by atoms with Crippen LogP contribution in [-0.4, -0.2) is 43.9 Å². The number of hydrogen-bond donors (Lipinski definition) is 2. The Morgan fingerprint density at radius 2 is 1.91 bits per heavy atom. The average Bonchev–Trinajstić information content (AvgIpc) is 3.20. The molecule has 176 valence electrons. The molecule has 1 spiro atoms. The van der Waals surface area contributed by atoms with Crippen LogP contribution in [0.5, 0.6) is 11.5 Å². The minimum atomic E-state index is -0.337. The quantitative estimate of drug-likeness (QED) is 0.433. The molecule has 0 radical (unpaired) electrons. The van der Waals surface area contributed by atoms with Crippen LogP contribution in [0.3, 0.4) is 0 Å². The Kier molecular flexibility index (Phi) is 4.73. The van der Waals surface area contributed by atoms with Gasteiger partial charge in [-0.05, 0) is 55.3 Å². The molecule has 4 aromatic rings. The molecule has 1 saturated heterocycles. The van der Waals surface area contributed by atoms with Gasteiger partial charge in [-0.3, -0.25) is 14.3 Å². The number of H-pyrrole nitrogens is 1. The first-order valence-electron chi connectivity index (χ1n) is 11.5. The Morgan fingerprint density at radius 1 is 1.17 bits per heavy atom. The summed E-state index contributed by atoms with van der Waals surface area (Å²) in [5.41, 5.74) is 7.62. The van der Waals surface area contributed by atoms with Crippen molar-refractivity contribution in [3.05, 3.63) is 77.6 Å². The zero-order chi connectivity index (χ0) is 24.2. The first-order valence-corrected chi connectivity index (χ1v) is 11.5. The predicted octanol–water partition coefficient (Wildman–Crippen LogP) is 3.51. The van der Waals surface area contributed by atoms with Crippen molar-refractivity contribution in [2.75, 3.05) is 18.8 Å². The number of aromatic nitrogens is 4. The lowest BCUT2D eigenvalue weighted by atomic mass is 10.1. The number of amides is 1. The highest BCUT2D eigenvalue weighted by Crippen LogP contribution is 2.62. The van der Waals surface area contributed by atoms with Gasteiger partial charge in [0.2, 0.25) is 5.91 Å². The van der Waals surface area contributed by atoms with Crippen molar-refractivity contribution in [2.45, 2.75) is 18.9 Å². The van der Waals surface area contributed by atoms with Crippen molar-refractivity contribution in [1.82, 2.24) is 24.9 Å². The maximum absolute atomic E-state index is 12.9. The van der Waals surface area contributed by atoms with E-state index in [1.807, 2.05) is 59.5 Å². The minimum Gasteiger partial charge on any atom is -0.457 e. The number of nitrogens with one attached hydrogen (secondary N) is 1. The standard InChI is InChI=1S/C26H24N6O3/c1-2-20(33)31-13-12-26(15-31)14-19(26)32-23-21(24(27)28-29-25(23)34)22(30-32)16-8-10-18(11-9-16)35-17-6-4-3-5-7-17/h2-11,19H,1,12-15H2,(H2,27,28)(H,29,34). The van der Waals surface area contributed by atoms with Crippen LogP contribution < -0.4 is 16.0 Å². The lowest BCUT2D eigenvalue weighted by molar-refractivity contribution is -0.125. The monoisotopic (exact) mass is 468 g/mol. The lowest BCUT2D eigenvalue weighted by Gasteiger charge is -2.14. The Bertz CT molecular complexity index is 1510. The van der Waals surface area contributed by atoms with Gasteiger partial charge < -0.3 is 15.4 Å². The normalized spacial score (nSPS) is 20.9. The number of ether oxygens (including phenoxy) is 1. The molecule has 2 aromatic heterocycles. The van der Waals surface area contributed by atoms with Crippen LogP contribution in [0.1, 0.15) is 18.9 Å². The summed E-state index contributed by atoms with van der Waals surface area (Å²) in [5, 5.41) is 11.9. The molecule has 9 nitrogen and oxygen atoms in total. The fraction of sp³-hybridized carbons (Fsp3) is 0.231. The molecule has 9 heteroatoms. The molecule has 2 atom stereocenters. The van der Waals surface area contributed by atoms with E-state index in [0.29, 0.717) is 35.4 Å². The van der Waals surface area contributed by atoms with E-state index in [0.717, 1.165) is 24.2 Å². The van der Waals surface area contributed by atoms with Crippen LogP contribution in [-0.2, 0) is 4.79 Å². The van der Waals surface area contributed by atoms with Crippen LogP contribution in [0.2, 0.25) is 0 Å². The lowest BCUT2D eigenvalue weighted by Crippen LogP contribution is -2.27. The van der Waals surface area contributed by atoms with Crippen LogP contribution in [0.25, 0.3) is 22.2 Å². The molecule has 3 heterocycles. The topological polar surface area (TPSA) is 119 Å². The summed E-state index contributed by atoms with van der Waals surface area (Å²) >= 11 is 0. The van der Waals surface area contributed by atoms with Crippen molar-refractivity contribution in [1.29, 1.82) is 0 Å². The SMILES string of the molecule is C=CC(=O)N1CCC2(CC2n2nc(-c3ccc(Oc4ccccc4)cc3)c3c(N)n[nH]c(=O)c32)C1. The molecular formula is C26H24N6O3. The second-order valence-corrected chi connectivity index (χ2v) is 9.19. The summed E-state index contributed by atoms with van der Waals surface area (Å²) in [6.45, 7) is 4.90. The summed E-state index contributed by atoms with van der Waals surface area (Å²) in [6.07, 6.45) is 3.05. The number of carbonyl (C=O) groups excluding carboxylic acids is 1. The van der Waals surface area contributed by atoms with E-state index in [-0.39, 0.29) is 28.7 Å². The number of benzene rings is 2. The van der Waals surface area contributed by atoms with Gasteiger partial charge in [0.25, 0.3) is 5.56 Å². The van der Waals surface area contributed by atoms with E-state index in [2.05, 4.69) is 16.8 Å². The predicted molar refractivity (Wildman–Crippen MR) is 132 cm³/mol. The molecule has 1 amide bonds. The number of para-hydroxylation sites is 1. The molecule has 3 N–H and O–H groups in total. The van der Waals surface area contributed by atoms with E-state index >= 15 is 0 Å². The summed E-state index contributed by atoms with van der Waals surface area (Å²) in [7, 11) is 0. The van der Waals surface area contributed by atoms with Gasteiger partial charge in [0, 0.05) is 24.1 Å². The van der Waals surface area contributed by atoms with Gasteiger partial charge in [-0.25, -0.2) is 5.10 Å². The summed E-state index contributed by atoms with van der Waals surface area (Å²) in [6, 6.07) is 17.1. The second kappa shape index (κ2) is 7.83. The average molecular weight is 469 g/mol. The van der Waals surface area contributed by atoms with E-state index in [1.54, 1.807) is 4.68 Å². The van der Waals surface area contributed by atoms with Crippen LogP contribution >= 0.6 is 0 Å². The highest BCUT2D eigenvalue weighted by atomic mass is 16.5. The van der Waals surface area contributed by atoms with Crippen molar-refractivity contribution >= 4 is 22.6 Å². The van der Waals surface area contributed by atoms with Gasteiger partial charge in [-0.2, -0.15) is 10.2 Å². The van der Waals surface area contributed by atoms with Gasteiger partial charge in [-0.1, -0.05) is 24.8 Å². The Labute approximate surface area is 200 Å². The smallest absolute Gasteiger partial charge is 0.290 e. The number of carbonyl (C=O) groups is 1. The van der Waals surface area contributed by atoms with Crippen molar-refractivity contribution < 1.29 is 9.53 Å². The Hall–Kier alpha value is -4.40. The van der Waals surface area contributed by atoms with Crippen molar-refractivity contribution in [3.63, 3.8) is 0 Å². The van der Waals surface area contributed by atoms with Gasteiger partial charge in [-0.15, -0.1) is 0 Å². The van der Waals surface area contributed by atoms with Crippen LogP contribution in [0.15, 0.2) is 72.0 Å². The summed E-state index contributed by atoms with van der Waals surface area (Å²) < 4.78 is 7.69. The zero-order valence-corrected chi connectivity index (χ0v) is 19.0. The molecule has 2 aromatic carbocycles. The summed E-state index contributed by atoms with van der Waals surface area (Å²) in [4.78, 5) is 26.8. The Balaban J connectivity index is 1.37. The van der Waals surface area contributed by atoms with E-state index in [9.17, 15) is 9.59 Å². The molecule has 2 unspecified atom stereocenters. The van der Waals surface area contributed by atoms with E-state index in [4.69, 9.17) is 15.6 Å². The van der Waals surface area contributed by atoms with Crippen molar-refractivity contribution in [3.8, 4) is 22.8 Å². The largest absolute Gasteiger partial charge is 0.457 e.